The van der Waals surface area contributed by atoms with Crippen molar-refractivity contribution in [1.29, 1.82) is 0 Å². The lowest BCUT2D eigenvalue weighted by Crippen LogP contribution is -2.21. The summed E-state index contributed by atoms with van der Waals surface area (Å²) in [5.74, 6) is 0. The van der Waals surface area contributed by atoms with Crippen LogP contribution in [0.15, 0.2) is 22.1 Å². The summed E-state index contributed by atoms with van der Waals surface area (Å²) in [7, 11) is 0. The zero-order valence-corrected chi connectivity index (χ0v) is 12.3. The van der Waals surface area contributed by atoms with Crippen molar-refractivity contribution in [3.63, 3.8) is 0 Å². The van der Waals surface area contributed by atoms with Crippen LogP contribution in [0.5, 0.6) is 0 Å². The van der Waals surface area contributed by atoms with Crippen molar-refractivity contribution < 1.29 is 0 Å². The molecule has 0 radical (unpaired) electrons. The van der Waals surface area contributed by atoms with Gasteiger partial charge in [-0.15, -0.1) is 16.4 Å². The molecule has 0 saturated heterocycles. The second kappa shape index (κ2) is 5.75. The average molecular weight is 315 g/mol. The molecular weight excluding hydrogens is 300 g/mol. The van der Waals surface area contributed by atoms with Crippen LogP contribution in [0.1, 0.15) is 24.4 Å². The molecule has 17 heavy (non-hydrogen) atoms. The van der Waals surface area contributed by atoms with E-state index in [2.05, 4.69) is 57.5 Å². The van der Waals surface area contributed by atoms with E-state index in [-0.39, 0.29) is 0 Å². The van der Waals surface area contributed by atoms with Crippen LogP contribution in [0.3, 0.4) is 0 Å². The van der Waals surface area contributed by atoms with Crippen LogP contribution in [-0.2, 0) is 13.1 Å². The minimum Gasteiger partial charge on any atom is -0.309 e. The van der Waals surface area contributed by atoms with Gasteiger partial charge in [0, 0.05) is 17.5 Å². The third kappa shape index (κ3) is 3.90. The van der Waals surface area contributed by atoms with Crippen LogP contribution < -0.4 is 5.32 Å². The van der Waals surface area contributed by atoms with Gasteiger partial charge in [-0.25, -0.2) is 4.68 Å². The Balaban J connectivity index is 1.94. The van der Waals surface area contributed by atoms with Gasteiger partial charge in [0.25, 0.3) is 0 Å². The molecule has 2 rings (SSSR count). The largest absolute Gasteiger partial charge is 0.309 e. The second-order valence-corrected chi connectivity index (χ2v) is 6.70. The number of nitrogens with zero attached hydrogens (tertiary/aromatic N) is 3. The van der Waals surface area contributed by atoms with E-state index >= 15 is 0 Å². The lowest BCUT2D eigenvalue weighted by molar-refractivity contribution is 0.580. The van der Waals surface area contributed by atoms with Crippen molar-refractivity contribution in [3.05, 3.63) is 32.7 Å². The van der Waals surface area contributed by atoms with E-state index in [0.717, 1.165) is 22.6 Å². The molecular formula is C11H15BrN4S. The van der Waals surface area contributed by atoms with Crippen molar-refractivity contribution in [3.8, 4) is 0 Å². The summed E-state index contributed by atoms with van der Waals surface area (Å²) in [5, 5.41) is 11.6. The Morgan fingerprint density at radius 3 is 2.94 bits per heavy atom. The average Bonchev–Trinajstić information content (AvgIpc) is 2.86. The molecule has 92 valence electrons. The van der Waals surface area contributed by atoms with Crippen LogP contribution in [0.4, 0.5) is 0 Å². The highest BCUT2D eigenvalue weighted by Crippen LogP contribution is 2.22. The highest BCUT2D eigenvalue weighted by molar-refractivity contribution is 9.11. The molecule has 0 bridgehead atoms. The number of halogens is 1. The Hall–Kier alpha value is -0.720. The summed E-state index contributed by atoms with van der Waals surface area (Å²) in [5.41, 5.74) is 0.981. The van der Waals surface area contributed by atoms with Gasteiger partial charge in [-0.1, -0.05) is 19.1 Å². The molecule has 0 aromatic carbocycles. The third-order valence-electron chi connectivity index (χ3n) is 2.22. The van der Waals surface area contributed by atoms with Gasteiger partial charge in [0.15, 0.2) is 0 Å². The minimum atomic E-state index is 0.466. The predicted octanol–water partition coefficient (Wildman–Crippen LogP) is 2.65. The van der Waals surface area contributed by atoms with Gasteiger partial charge >= 0.3 is 0 Å². The Kier molecular flexibility index (Phi) is 4.31. The van der Waals surface area contributed by atoms with Crippen LogP contribution >= 0.6 is 27.3 Å². The fourth-order valence-electron chi connectivity index (χ4n) is 1.40. The van der Waals surface area contributed by atoms with Gasteiger partial charge in [-0.05, 0) is 28.1 Å². The molecule has 0 atom stereocenters. The molecule has 0 fully saturated rings. The molecule has 0 aliphatic rings. The van der Waals surface area contributed by atoms with Crippen molar-refractivity contribution in [2.75, 3.05) is 0 Å². The topological polar surface area (TPSA) is 42.7 Å². The molecule has 4 nitrogen and oxygen atoms in total. The van der Waals surface area contributed by atoms with E-state index in [1.807, 2.05) is 10.9 Å². The van der Waals surface area contributed by atoms with Gasteiger partial charge in [0.1, 0.15) is 0 Å². The van der Waals surface area contributed by atoms with Crippen LogP contribution in [0, 0.1) is 0 Å². The maximum Gasteiger partial charge on any atom is 0.0965 e. The van der Waals surface area contributed by atoms with Gasteiger partial charge < -0.3 is 5.32 Å². The van der Waals surface area contributed by atoms with Crippen molar-refractivity contribution in [1.82, 2.24) is 20.3 Å². The molecule has 2 aromatic heterocycles. The lowest BCUT2D eigenvalue weighted by Gasteiger charge is -2.04. The molecule has 0 amide bonds. The highest BCUT2D eigenvalue weighted by atomic mass is 79.9. The summed E-state index contributed by atoms with van der Waals surface area (Å²) in [6.07, 6.45) is 1.99. The molecule has 2 aromatic rings. The van der Waals surface area contributed by atoms with Crippen molar-refractivity contribution in [2.24, 2.45) is 0 Å². The molecule has 2 heterocycles. The van der Waals surface area contributed by atoms with E-state index in [0.29, 0.717) is 6.04 Å². The molecule has 6 heteroatoms. The molecule has 0 aliphatic heterocycles. The standard InChI is InChI=1S/C11H15BrN4S/c1-8(2)13-5-9-6-16(15-14-9)7-10-3-4-11(12)17-10/h3-4,6,8,13H,5,7H2,1-2H3. The Labute approximate surface area is 113 Å². The zero-order valence-electron chi connectivity index (χ0n) is 9.85. The fraction of sp³-hybridized carbons (Fsp3) is 0.455. The van der Waals surface area contributed by atoms with E-state index in [9.17, 15) is 0 Å². The van der Waals surface area contributed by atoms with Crippen molar-refractivity contribution >= 4 is 27.3 Å². The highest BCUT2D eigenvalue weighted by Gasteiger charge is 2.03. The molecule has 1 N–H and O–H groups in total. The second-order valence-electron chi connectivity index (χ2n) is 4.15. The van der Waals surface area contributed by atoms with E-state index in [4.69, 9.17) is 0 Å². The SMILES string of the molecule is CC(C)NCc1cn(Cc2ccc(Br)s2)nn1. The first-order valence-electron chi connectivity index (χ1n) is 5.50. The summed E-state index contributed by atoms with van der Waals surface area (Å²) in [6.45, 7) is 5.79. The first-order chi connectivity index (χ1) is 8.13. The number of nitrogens with one attached hydrogen (secondary N) is 1. The first kappa shape index (κ1) is 12.7. The molecule has 0 saturated carbocycles. The van der Waals surface area contributed by atoms with Crippen LogP contribution in [0.25, 0.3) is 0 Å². The predicted molar refractivity (Wildman–Crippen MR) is 73.1 cm³/mol. The maximum atomic E-state index is 4.13. The van der Waals surface area contributed by atoms with Gasteiger partial charge in [-0.2, -0.15) is 0 Å². The maximum absolute atomic E-state index is 4.13. The number of hydrogen-bond donors (Lipinski definition) is 1. The van der Waals surface area contributed by atoms with E-state index in [1.165, 1.54) is 4.88 Å². The van der Waals surface area contributed by atoms with Gasteiger partial charge in [0.05, 0.1) is 22.2 Å². The molecule has 0 aliphatic carbocycles. The fourth-order valence-corrected chi connectivity index (χ4v) is 2.88. The Morgan fingerprint density at radius 2 is 2.29 bits per heavy atom. The van der Waals surface area contributed by atoms with Gasteiger partial charge in [-0.3, -0.25) is 0 Å². The molecule has 0 unspecified atom stereocenters. The monoisotopic (exact) mass is 314 g/mol. The van der Waals surface area contributed by atoms with Crippen molar-refractivity contribution in [2.45, 2.75) is 33.0 Å². The number of aromatic nitrogens is 3. The first-order valence-corrected chi connectivity index (χ1v) is 7.11. The quantitative estimate of drug-likeness (QED) is 0.922. The Morgan fingerprint density at radius 1 is 1.47 bits per heavy atom. The van der Waals surface area contributed by atoms with Crippen LogP contribution in [-0.4, -0.2) is 21.0 Å². The summed E-state index contributed by atoms with van der Waals surface area (Å²) < 4.78 is 3.02. The number of hydrogen-bond acceptors (Lipinski definition) is 4. The summed E-state index contributed by atoms with van der Waals surface area (Å²) in [6, 6.07) is 4.62. The normalized spacial score (nSPS) is 11.3. The van der Waals surface area contributed by atoms with Crippen LogP contribution in [0.2, 0.25) is 0 Å². The van der Waals surface area contributed by atoms with E-state index in [1.54, 1.807) is 11.3 Å². The summed E-state index contributed by atoms with van der Waals surface area (Å²) in [4.78, 5) is 1.27. The number of rotatable bonds is 5. The van der Waals surface area contributed by atoms with E-state index < -0.39 is 0 Å². The lowest BCUT2D eigenvalue weighted by atomic mass is 10.3. The summed E-state index contributed by atoms with van der Waals surface area (Å²) >= 11 is 5.18. The smallest absolute Gasteiger partial charge is 0.0965 e. The van der Waals surface area contributed by atoms with Gasteiger partial charge in [0.2, 0.25) is 0 Å². The third-order valence-corrected chi connectivity index (χ3v) is 3.83. The zero-order chi connectivity index (χ0) is 12.3. The minimum absolute atomic E-state index is 0.466. The Bertz CT molecular complexity index is 477. The molecule has 0 spiro atoms. The number of thiophene rings is 1.